The van der Waals surface area contributed by atoms with E-state index in [0.29, 0.717) is 5.92 Å². The van der Waals surface area contributed by atoms with E-state index in [-0.39, 0.29) is 11.9 Å². The van der Waals surface area contributed by atoms with Gasteiger partial charge in [0.15, 0.2) is 0 Å². The van der Waals surface area contributed by atoms with Crippen LogP contribution in [-0.2, 0) is 9.59 Å². The number of barbiturate groups is 1. The predicted molar refractivity (Wildman–Crippen MR) is 70.2 cm³/mol. The third-order valence-corrected chi connectivity index (χ3v) is 4.46. The summed E-state index contributed by atoms with van der Waals surface area (Å²) in [6.45, 7) is 5.28. The first-order valence-corrected chi connectivity index (χ1v) is 7.07. The Balaban J connectivity index is 2.20. The van der Waals surface area contributed by atoms with E-state index in [9.17, 15) is 14.4 Å². The summed E-state index contributed by atoms with van der Waals surface area (Å²) in [5.74, 6) is -0.287. The lowest BCUT2D eigenvalue weighted by molar-refractivity contribution is -0.151. The number of amides is 4. The van der Waals surface area contributed by atoms with E-state index in [1.165, 1.54) is 11.3 Å². The van der Waals surface area contributed by atoms with Crippen molar-refractivity contribution in [2.75, 3.05) is 0 Å². The summed E-state index contributed by atoms with van der Waals surface area (Å²) in [4.78, 5) is 37.4. The molecule has 1 N–H and O–H groups in total. The fraction of sp³-hybridized carbons (Fsp3) is 0.786. The Bertz CT molecular complexity index is 417. The zero-order valence-corrected chi connectivity index (χ0v) is 11.9. The predicted octanol–water partition coefficient (Wildman–Crippen LogP) is 2.06. The van der Waals surface area contributed by atoms with Gasteiger partial charge in [-0.15, -0.1) is 0 Å². The normalized spacial score (nSPS) is 31.3. The average molecular weight is 266 g/mol. The van der Waals surface area contributed by atoms with Crippen LogP contribution in [-0.4, -0.2) is 28.8 Å². The zero-order valence-electron chi connectivity index (χ0n) is 11.9. The number of carbonyl (C=O) groups excluding carboxylic acids is 3. The van der Waals surface area contributed by atoms with Gasteiger partial charge in [0.25, 0.3) is 0 Å². The topological polar surface area (TPSA) is 66.5 Å². The Morgan fingerprint density at radius 2 is 1.95 bits per heavy atom. The second kappa shape index (κ2) is 4.94. The van der Waals surface area contributed by atoms with Crippen LogP contribution in [0.5, 0.6) is 0 Å². The molecule has 2 rings (SSSR count). The van der Waals surface area contributed by atoms with Crippen molar-refractivity contribution in [2.45, 2.75) is 58.9 Å². The first kappa shape index (κ1) is 14.0. The molecule has 5 nitrogen and oxygen atoms in total. The van der Waals surface area contributed by atoms with Gasteiger partial charge in [0.05, 0.1) is 0 Å². The maximum absolute atomic E-state index is 12.4. The molecular formula is C14H22N2O3. The lowest BCUT2D eigenvalue weighted by atomic mass is 9.81. The zero-order chi connectivity index (χ0) is 14.2. The Hall–Kier alpha value is -1.39. The van der Waals surface area contributed by atoms with E-state index in [4.69, 9.17) is 0 Å². The molecule has 2 fully saturated rings. The molecule has 106 valence electrons. The average Bonchev–Trinajstić information content (AvgIpc) is 2.37. The van der Waals surface area contributed by atoms with E-state index in [0.717, 1.165) is 25.7 Å². The number of rotatable bonds is 2. The van der Waals surface area contributed by atoms with Crippen molar-refractivity contribution >= 4 is 17.8 Å². The number of hydrogen-bond acceptors (Lipinski definition) is 3. The first-order valence-electron chi connectivity index (χ1n) is 7.07. The van der Waals surface area contributed by atoms with Gasteiger partial charge in [0, 0.05) is 6.04 Å². The second-order valence-corrected chi connectivity index (χ2v) is 6.15. The SMILES string of the molecule is CCC1CCCC(N2C(=O)NC(=O)C(C)(C)C2=O)C1. The maximum Gasteiger partial charge on any atom is 0.331 e. The highest BCUT2D eigenvalue weighted by molar-refractivity contribution is 6.18. The van der Waals surface area contributed by atoms with Crippen molar-refractivity contribution in [1.82, 2.24) is 10.2 Å². The van der Waals surface area contributed by atoms with E-state index in [1.807, 2.05) is 0 Å². The van der Waals surface area contributed by atoms with Crippen molar-refractivity contribution in [3.63, 3.8) is 0 Å². The Morgan fingerprint density at radius 3 is 2.58 bits per heavy atom. The number of nitrogens with zero attached hydrogens (tertiary/aromatic N) is 1. The van der Waals surface area contributed by atoms with Gasteiger partial charge < -0.3 is 0 Å². The van der Waals surface area contributed by atoms with Gasteiger partial charge >= 0.3 is 6.03 Å². The van der Waals surface area contributed by atoms with Crippen LogP contribution < -0.4 is 5.32 Å². The molecule has 1 saturated heterocycles. The third kappa shape index (κ3) is 2.38. The van der Waals surface area contributed by atoms with Gasteiger partial charge in [-0.3, -0.25) is 19.8 Å². The van der Waals surface area contributed by atoms with E-state index in [2.05, 4.69) is 12.2 Å². The van der Waals surface area contributed by atoms with Crippen molar-refractivity contribution in [2.24, 2.45) is 11.3 Å². The molecule has 2 atom stereocenters. The second-order valence-electron chi connectivity index (χ2n) is 6.15. The largest absolute Gasteiger partial charge is 0.331 e. The Kier molecular flexibility index (Phi) is 3.65. The van der Waals surface area contributed by atoms with Crippen LogP contribution in [0.15, 0.2) is 0 Å². The maximum atomic E-state index is 12.4. The summed E-state index contributed by atoms with van der Waals surface area (Å²) in [5, 5.41) is 2.31. The molecule has 2 unspecified atom stereocenters. The van der Waals surface area contributed by atoms with Crippen LogP contribution in [0.3, 0.4) is 0 Å². The fourth-order valence-electron chi connectivity index (χ4n) is 3.00. The van der Waals surface area contributed by atoms with Crippen molar-refractivity contribution in [3.05, 3.63) is 0 Å². The molecular weight excluding hydrogens is 244 g/mol. The molecule has 19 heavy (non-hydrogen) atoms. The molecule has 5 heteroatoms. The molecule has 1 aliphatic carbocycles. The van der Waals surface area contributed by atoms with Crippen LogP contribution in [0, 0.1) is 11.3 Å². The molecule has 0 aromatic carbocycles. The first-order chi connectivity index (χ1) is 8.87. The molecule has 0 aromatic heterocycles. The van der Waals surface area contributed by atoms with Gasteiger partial charge in [0.1, 0.15) is 5.41 Å². The minimum atomic E-state index is -1.15. The summed E-state index contributed by atoms with van der Waals surface area (Å²) in [6, 6.07) is -0.602. The molecule has 0 spiro atoms. The highest BCUT2D eigenvalue weighted by Crippen LogP contribution is 2.33. The quantitative estimate of drug-likeness (QED) is 0.778. The van der Waals surface area contributed by atoms with Crippen LogP contribution in [0.1, 0.15) is 52.9 Å². The minimum absolute atomic E-state index is 0.0569. The summed E-state index contributed by atoms with van der Waals surface area (Å²) in [7, 11) is 0. The van der Waals surface area contributed by atoms with Gasteiger partial charge in [-0.1, -0.05) is 26.2 Å². The number of imide groups is 2. The summed E-state index contributed by atoms with van der Waals surface area (Å²) < 4.78 is 0. The van der Waals surface area contributed by atoms with E-state index < -0.39 is 17.4 Å². The standard InChI is InChI=1S/C14H22N2O3/c1-4-9-6-5-7-10(8-9)16-12(18)14(2,3)11(17)15-13(16)19/h9-10H,4-8H2,1-3H3,(H,15,17,19). The lowest BCUT2D eigenvalue weighted by Gasteiger charge is -2.41. The Labute approximate surface area is 113 Å². The molecule has 0 radical (unpaired) electrons. The smallest absolute Gasteiger partial charge is 0.277 e. The molecule has 2 aliphatic rings. The monoisotopic (exact) mass is 266 g/mol. The fourth-order valence-corrected chi connectivity index (χ4v) is 3.00. The van der Waals surface area contributed by atoms with E-state index in [1.54, 1.807) is 13.8 Å². The molecule has 0 bridgehead atoms. The molecule has 1 saturated carbocycles. The number of nitrogens with one attached hydrogen (secondary N) is 1. The van der Waals surface area contributed by atoms with Gasteiger partial charge in [-0.05, 0) is 32.6 Å². The third-order valence-electron chi connectivity index (χ3n) is 4.46. The summed E-state index contributed by atoms with van der Waals surface area (Å²) >= 11 is 0. The van der Waals surface area contributed by atoms with Crippen molar-refractivity contribution in [1.29, 1.82) is 0 Å². The van der Waals surface area contributed by atoms with Crippen LogP contribution in [0.2, 0.25) is 0 Å². The highest BCUT2D eigenvalue weighted by atomic mass is 16.2. The minimum Gasteiger partial charge on any atom is -0.277 e. The molecule has 4 amide bonds. The van der Waals surface area contributed by atoms with Crippen molar-refractivity contribution < 1.29 is 14.4 Å². The van der Waals surface area contributed by atoms with Crippen LogP contribution in [0.4, 0.5) is 4.79 Å². The molecule has 1 aliphatic heterocycles. The van der Waals surface area contributed by atoms with Gasteiger partial charge in [-0.25, -0.2) is 4.79 Å². The van der Waals surface area contributed by atoms with E-state index >= 15 is 0 Å². The molecule has 0 aromatic rings. The number of hydrogen-bond donors (Lipinski definition) is 1. The number of urea groups is 1. The Morgan fingerprint density at radius 1 is 1.26 bits per heavy atom. The van der Waals surface area contributed by atoms with Gasteiger partial charge in [-0.2, -0.15) is 0 Å². The molecule has 1 heterocycles. The van der Waals surface area contributed by atoms with Crippen LogP contribution in [0.25, 0.3) is 0 Å². The summed E-state index contributed by atoms with van der Waals surface area (Å²) in [6.07, 6.45) is 4.98. The van der Waals surface area contributed by atoms with Gasteiger partial charge in [0.2, 0.25) is 11.8 Å². The number of carbonyl (C=O) groups is 3. The highest BCUT2D eigenvalue weighted by Gasteiger charge is 2.49. The summed E-state index contributed by atoms with van der Waals surface area (Å²) in [5.41, 5.74) is -1.15. The van der Waals surface area contributed by atoms with Crippen molar-refractivity contribution in [3.8, 4) is 0 Å². The lowest BCUT2D eigenvalue weighted by Crippen LogP contribution is -2.64. The van der Waals surface area contributed by atoms with Crippen LogP contribution >= 0.6 is 0 Å².